The van der Waals surface area contributed by atoms with Crippen LogP contribution in [0.4, 0.5) is 0 Å². The van der Waals surface area contributed by atoms with Crippen molar-refractivity contribution in [3.63, 3.8) is 0 Å². The summed E-state index contributed by atoms with van der Waals surface area (Å²) in [5, 5.41) is 10.5. The number of hydrogen-bond acceptors (Lipinski definition) is 15. The van der Waals surface area contributed by atoms with E-state index in [1.165, 1.54) is 109 Å². The van der Waals surface area contributed by atoms with Crippen molar-refractivity contribution in [1.82, 2.24) is 0 Å². The third kappa shape index (κ3) is 57.8. The molecule has 0 aromatic rings. The normalized spacial score (nSPS) is 14.7. The molecule has 0 aromatic heterocycles. The van der Waals surface area contributed by atoms with Crippen LogP contribution in [0.5, 0.6) is 0 Å². The highest BCUT2D eigenvalue weighted by Crippen LogP contribution is 2.45. The van der Waals surface area contributed by atoms with Crippen molar-refractivity contribution in [1.29, 1.82) is 0 Å². The molecule has 0 aliphatic carbocycles. The van der Waals surface area contributed by atoms with Crippen LogP contribution in [-0.4, -0.2) is 96.7 Å². The first-order chi connectivity index (χ1) is 40.1. The van der Waals surface area contributed by atoms with Crippen LogP contribution in [0.15, 0.2) is 0 Å². The number of aliphatic hydroxyl groups is 1. The van der Waals surface area contributed by atoms with Gasteiger partial charge in [-0.25, -0.2) is 9.13 Å². The number of ether oxygens (including phenoxy) is 4. The molecule has 6 atom stereocenters. The summed E-state index contributed by atoms with van der Waals surface area (Å²) in [6, 6.07) is 0. The fraction of sp³-hybridized carbons (Fsp3) is 0.938. The molecule has 0 fully saturated rings. The number of rotatable bonds is 62. The Hall–Kier alpha value is -1.94. The Morgan fingerprint density at radius 3 is 0.845 bits per heavy atom. The summed E-state index contributed by atoms with van der Waals surface area (Å²) in [5.41, 5.74) is 0. The first kappa shape index (κ1) is 82.1. The van der Waals surface area contributed by atoms with Crippen molar-refractivity contribution >= 4 is 39.5 Å². The van der Waals surface area contributed by atoms with Crippen LogP contribution < -0.4 is 0 Å². The first-order valence-electron chi connectivity index (χ1n) is 33.7. The maximum Gasteiger partial charge on any atom is 0.472 e. The smallest absolute Gasteiger partial charge is 0.462 e. The molecule has 0 aliphatic rings. The quantitative estimate of drug-likeness (QED) is 0.0222. The summed E-state index contributed by atoms with van der Waals surface area (Å²) in [6.45, 7) is 14.0. The van der Waals surface area contributed by atoms with E-state index in [1.54, 1.807) is 0 Å². The molecular weight excluding hydrogens is 1110 g/mol. The van der Waals surface area contributed by atoms with Crippen LogP contribution in [0.3, 0.4) is 0 Å². The molecule has 0 aromatic carbocycles. The number of unbranched alkanes of at least 4 members (excludes halogenated alkanes) is 27. The van der Waals surface area contributed by atoms with Gasteiger partial charge in [0.25, 0.3) is 0 Å². The van der Waals surface area contributed by atoms with Gasteiger partial charge < -0.3 is 33.8 Å². The lowest BCUT2D eigenvalue weighted by molar-refractivity contribution is -0.161. The summed E-state index contributed by atoms with van der Waals surface area (Å²) in [6.07, 6.45) is 35.0. The van der Waals surface area contributed by atoms with Gasteiger partial charge in [-0.1, -0.05) is 261 Å². The van der Waals surface area contributed by atoms with Crippen molar-refractivity contribution in [2.75, 3.05) is 39.6 Å². The Balaban J connectivity index is 5.26. The molecule has 0 bridgehead atoms. The molecule has 0 rings (SSSR count). The first-order valence-corrected chi connectivity index (χ1v) is 36.7. The summed E-state index contributed by atoms with van der Waals surface area (Å²) in [5.74, 6) is 0.765. The minimum Gasteiger partial charge on any atom is -0.462 e. The summed E-state index contributed by atoms with van der Waals surface area (Å²) in [7, 11) is -9.89. The van der Waals surface area contributed by atoms with Gasteiger partial charge in [0.15, 0.2) is 12.2 Å². The number of hydrogen-bond donors (Lipinski definition) is 3. The minimum absolute atomic E-state index is 0.102. The molecule has 0 amide bonds. The third-order valence-corrected chi connectivity index (χ3v) is 17.1. The second kappa shape index (κ2) is 55.2. The Morgan fingerprint density at radius 2 is 0.571 bits per heavy atom. The largest absolute Gasteiger partial charge is 0.472 e. The van der Waals surface area contributed by atoms with Crippen LogP contribution in [0.1, 0.15) is 312 Å². The highest BCUT2D eigenvalue weighted by molar-refractivity contribution is 7.47. The van der Waals surface area contributed by atoms with Crippen LogP contribution in [0.2, 0.25) is 0 Å². The van der Waals surface area contributed by atoms with Crippen LogP contribution >= 0.6 is 15.6 Å². The molecule has 498 valence electrons. The second-order valence-electron chi connectivity index (χ2n) is 25.2. The number of phosphoric acid groups is 2. The summed E-state index contributed by atoms with van der Waals surface area (Å²) < 4.78 is 68.0. The van der Waals surface area contributed by atoms with Crippen molar-refractivity contribution in [2.45, 2.75) is 331 Å². The number of carbonyl (C=O) groups excluding carboxylic acids is 4. The summed E-state index contributed by atoms with van der Waals surface area (Å²) >= 11 is 0. The van der Waals surface area contributed by atoms with E-state index in [1.807, 2.05) is 0 Å². The number of esters is 4. The Labute approximate surface area is 511 Å². The average molecular weight is 1240 g/mol. The van der Waals surface area contributed by atoms with E-state index in [0.29, 0.717) is 31.6 Å². The van der Waals surface area contributed by atoms with Gasteiger partial charge in [0.2, 0.25) is 0 Å². The third-order valence-electron chi connectivity index (χ3n) is 15.2. The van der Waals surface area contributed by atoms with Crippen LogP contribution in [0, 0.1) is 23.7 Å². The molecule has 0 spiro atoms. The van der Waals surface area contributed by atoms with Gasteiger partial charge in [-0.2, -0.15) is 0 Å². The molecule has 17 nitrogen and oxygen atoms in total. The Bertz CT molecular complexity index is 1680. The van der Waals surface area contributed by atoms with Gasteiger partial charge in [0.05, 0.1) is 26.4 Å². The molecule has 0 saturated heterocycles. The van der Waals surface area contributed by atoms with E-state index in [4.69, 9.17) is 37.0 Å². The van der Waals surface area contributed by atoms with Crippen molar-refractivity contribution in [3.05, 3.63) is 0 Å². The van der Waals surface area contributed by atoms with E-state index in [2.05, 4.69) is 55.4 Å². The number of carbonyl (C=O) groups is 4. The van der Waals surface area contributed by atoms with Crippen molar-refractivity contribution in [3.8, 4) is 0 Å². The maximum atomic E-state index is 13.0. The molecule has 4 unspecified atom stereocenters. The lowest BCUT2D eigenvalue weighted by atomic mass is 10.00. The monoisotopic (exact) mass is 1240 g/mol. The molecule has 3 N–H and O–H groups in total. The van der Waals surface area contributed by atoms with E-state index in [0.717, 1.165) is 114 Å². The van der Waals surface area contributed by atoms with Gasteiger partial charge in [0.1, 0.15) is 19.3 Å². The lowest BCUT2D eigenvalue weighted by Crippen LogP contribution is -2.30. The fourth-order valence-electron chi connectivity index (χ4n) is 9.57. The Kier molecular flexibility index (Phi) is 53.9. The lowest BCUT2D eigenvalue weighted by Gasteiger charge is -2.21. The van der Waals surface area contributed by atoms with E-state index in [-0.39, 0.29) is 25.7 Å². The van der Waals surface area contributed by atoms with Crippen LogP contribution in [0.25, 0.3) is 0 Å². The van der Waals surface area contributed by atoms with Gasteiger partial charge >= 0.3 is 39.5 Å². The number of aliphatic hydroxyl groups excluding tert-OH is 1. The number of phosphoric ester groups is 2. The summed E-state index contributed by atoms with van der Waals surface area (Å²) in [4.78, 5) is 72.3. The standard InChI is InChI=1S/C65H126O17P2/c1-9-58(8)44-36-28-23-24-30-38-46-63(68)76-52-61(82-65(70)48-40-32-22-16-19-27-35-43-57(6)7)54-80-84(73,74)78-50-59(66)49-77-83(71,72)79-53-60(51-75-62(67)45-37-29-20-15-14-18-26-34-42-56(4)5)81-64(69)47-39-31-21-13-11-10-12-17-25-33-41-55(2)3/h55-61,66H,9-54H2,1-8H3,(H,71,72)(H,73,74)/t58?,59?,60-,61-/m1/s1. The van der Waals surface area contributed by atoms with E-state index < -0.39 is 97.5 Å². The Morgan fingerprint density at radius 1 is 0.333 bits per heavy atom. The molecule has 19 heteroatoms. The molecule has 84 heavy (non-hydrogen) atoms. The molecule has 0 aliphatic heterocycles. The zero-order valence-electron chi connectivity index (χ0n) is 54.5. The molecule has 0 saturated carbocycles. The van der Waals surface area contributed by atoms with Gasteiger partial charge in [-0.3, -0.25) is 37.3 Å². The van der Waals surface area contributed by atoms with E-state index in [9.17, 15) is 43.2 Å². The highest BCUT2D eigenvalue weighted by Gasteiger charge is 2.30. The maximum absolute atomic E-state index is 13.0. The van der Waals surface area contributed by atoms with Gasteiger partial charge in [0, 0.05) is 25.7 Å². The predicted molar refractivity (Wildman–Crippen MR) is 335 cm³/mol. The predicted octanol–water partition coefficient (Wildman–Crippen LogP) is 17.8. The highest BCUT2D eigenvalue weighted by atomic mass is 31.2. The van der Waals surface area contributed by atoms with E-state index >= 15 is 0 Å². The zero-order chi connectivity index (χ0) is 62.5. The van der Waals surface area contributed by atoms with Crippen LogP contribution in [-0.2, 0) is 65.4 Å². The van der Waals surface area contributed by atoms with Crippen molar-refractivity contribution < 1.29 is 80.2 Å². The molecular formula is C65H126O17P2. The second-order valence-corrected chi connectivity index (χ2v) is 28.1. The van der Waals surface area contributed by atoms with Gasteiger partial charge in [-0.05, 0) is 49.4 Å². The zero-order valence-corrected chi connectivity index (χ0v) is 56.3. The van der Waals surface area contributed by atoms with Crippen molar-refractivity contribution in [2.24, 2.45) is 23.7 Å². The SMILES string of the molecule is CCC(C)CCCCCCCCC(=O)OC[C@H](COP(=O)(O)OCC(O)COP(=O)(O)OC[C@@H](COC(=O)CCCCCCCCCCC(C)C)OC(=O)CCCCCCCCCCCCC(C)C)OC(=O)CCCCCCCCCC(C)C. The molecule has 0 heterocycles. The molecule has 0 radical (unpaired) electrons. The fourth-order valence-corrected chi connectivity index (χ4v) is 11.2. The topological polar surface area (TPSA) is 237 Å². The average Bonchev–Trinajstić information content (AvgIpc) is 3.51. The minimum atomic E-state index is -4.95. The van der Waals surface area contributed by atoms with Gasteiger partial charge in [-0.15, -0.1) is 0 Å².